The Kier molecular flexibility index (Phi) is 5.81. The Balaban J connectivity index is 1.71. The smallest absolute Gasteiger partial charge is 0.407 e. The van der Waals surface area contributed by atoms with Gasteiger partial charge in [0.1, 0.15) is 6.61 Å². The van der Waals surface area contributed by atoms with Crippen molar-refractivity contribution in [3.8, 4) is 0 Å². The summed E-state index contributed by atoms with van der Waals surface area (Å²) in [5, 5.41) is 8.92. The van der Waals surface area contributed by atoms with Crippen molar-refractivity contribution in [3.63, 3.8) is 0 Å². The lowest BCUT2D eigenvalue weighted by Gasteiger charge is -2.30. The van der Waals surface area contributed by atoms with Crippen LogP contribution in [0.5, 0.6) is 0 Å². The fraction of sp³-hybridized carbons (Fsp3) is 0.529. The molecular weight excluding hydrogens is 282 g/mol. The maximum Gasteiger partial charge on any atom is 0.407 e. The van der Waals surface area contributed by atoms with Crippen LogP contribution in [-0.2, 0) is 16.1 Å². The monoisotopic (exact) mass is 305 g/mol. The van der Waals surface area contributed by atoms with Crippen LogP contribution >= 0.6 is 0 Å². The number of benzene rings is 1. The average molecular weight is 305 g/mol. The number of ether oxygens (including phenoxy) is 1. The molecule has 5 nitrogen and oxygen atoms in total. The second-order valence-electron chi connectivity index (χ2n) is 5.94. The molecule has 1 atom stereocenters. The third-order valence-electron chi connectivity index (χ3n) is 4.20. The molecule has 0 bridgehead atoms. The fourth-order valence-electron chi connectivity index (χ4n) is 2.83. The molecule has 1 saturated heterocycles. The van der Waals surface area contributed by atoms with Crippen molar-refractivity contribution < 1.29 is 19.4 Å². The van der Waals surface area contributed by atoms with E-state index in [0.717, 1.165) is 24.8 Å². The van der Waals surface area contributed by atoms with Crippen molar-refractivity contribution in [3.05, 3.63) is 35.9 Å². The lowest BCUT2D eigenvalue weighted by molar-refractivity contribution is -0.150. The molecular formula is C17H23NO4. The van der Waals surface area contributed by atoms with E-state index in [1.807, 2.05) is 37.3 Å². The van der Waals surface area contributed by atoms with Gasteiger partial charge in [0.25, 0.3) is 0 Å². The predicted octanol–water partition coefficient (Wildman–Crippen LogP) is 3.15. The minimum atomic E-state index is -0.853. The van der Waals surface area contributed by atoms with Crippen molar-refractivity contribution in [1.29, 1.82) is 0 Å². The summed E-state index contributed by atoms with van der Waals surface area (Å²) in [5.74, 6) is 0.0736. The highest BCUT2D eigenvalue weighted by Crippen LogP contribution is 2.25. The molecule has 2 rings (SSSR count). The lowest BCUT2D eigenvalue weighted by atomic mass is 9.88. The standard InChI is InChI=1S/C17H23NO4/c1-13(11-14-7-9-18(10-8-14)17(20)21)16(19)22-12-15-5-3-2-4-6-15/h2-6,13-14H,7-12H2,1H3,(H,20,21). The summed E-state index contributed by atoms with van der Waals surface area (Å²) in [6.45, 7) is 3.32. The maximum atomic E-state index is 12.0. The third kappa shape index (κ3) is 4.76. The summed E-state index contributed by atoms with van der Waals surface area (Å²) in [4.78, 5) is 24.3. The van der Waals surface area contributed by atoms with Gasteiger partial charge in [0, 0.05) is 13.1 Å². The Hall–Kier alpha value is -2.04. The number of rotatable bonds is 5. The zero-order chi connectivity index (χ0) is 15.9. The molecule has 1 aliphatic rings. The van der Waals surface area contributed by atoms with Crippen LogP contribution in [-0.4, -0.2) is 35.2 Å². The third-order valence-corrected chi connectivity index (χ3v) is 4.20. The molecule has 0 aromatic heterocycles. The molecule has 1 heterocycles. The summed E-state index contributed by atoms with van der Waals surface area (Å²) in [6.07, 6.45) is 1.56. The highest BCUT2D eigenvalue weighted by atomic mass is 16.5. The Morgan fingerprint density at radius 1 is 1.27 bits per heavy atom. The molecule has 0 aliphatic carbocycles. The van der Waals surface area contributed by atoms with Crippen molar-refractivity contribution in [2.75, 3.05) is 13.1 Å². The molecule has 0 saturated carbocycles. The number of carbonyl (C=O) groups excluding carboxylic acids is 1. The number of hydrogen-bond donors (Lipinski definition) is 1. The summed E-state index contributed by atoms with van der Waals surface area (Å²) in [5.41, 5.74) is 0.984. The first-order valence-corrected chi connectivity index (χ1v) is 7.74. The van der Waals surface area contributed by atoms with Gasteiger partial charge in [-0.25, -0.2) is 4.79 Å². The van der Waals surface area contributed by atoms with Crippen LogP contribution in [0.25, 0.3) is 0 Å². The van der Waals surface area contributed by atoms with Crippen LogP contribution in [0.15, 0.2) is 30.3 Å². The Bertz CT molecular complexity index is 495. The normalized spacial score (nSPS) is 17.0. The zero-order valence-corrected chi connectivity index (χ0v) is 12.9. The van der Waals surface area contributed by atoms with Gasteiger partial charge in [-0.15, -0.1) is 0 Å². The summed E-state index contributed by atoms with van der Waals surface area (Å²) in [6, 6.07) is 9.63. The van der Waals surface area contributed by atoms with E-state index in [4.69, 9.17) is 9.84 Å². The van der Waals surface area contributed by atoms with E-state index >= 15 is 0 Å². The lowest BCUT2D eigenvalue weighted by Crippen LogP contribution is -2.38. The van der Waals surface area contributed by atoms with Gasteiger partial charge in [0.2, 0.25) is 0 Å². The highest BCUT2D eigenvalue weighted by Gasteiger charge is 2.26. The van der Waals surface area contributed by atoms with Gasteiger partial charge in [0.15, 0.2) is 0 Å². The number of esters is 1. The Morgan fingerprint density at radius 2 is 1.91 bits per heavy atom. The van der Waals surface area contributed by atoms with Crippen molar-refractivity contribution in [2.45, 2.75) is 32.8 Å². The average Bonchev–Trinajstić information content (AvgIpc) is 2.54. The molecule has 1 unspecified atom stereocenters. The first kappa shape index (κ1) is 16.3. The summed E-state index contributed by atoms with van der Waals surface area (Å²) >= 11 is 0. The van der Waals surface area contributed by atoms with Crippen LogP contribution in [0.3, 0.4) is 0 Å². The van der Waals surface area contributed by atoms with Gasteiger partial charge < -0.3 is 14.7 Å². The van der Waals surface area contributed by atoms with E-state index in [0.29, 0.717) is 25.6 Å². The predicted molar refractivity (Wildman–Crippen MR) is 82.3 cm³/mol. The SMILES string of the molecule is CC(CC1CCN(C(=O)O)CC1)C(=O)OCc1ccccc1. The minimum Gasteiger partial charge on any atom is -0.465 e. The van der Waals surface area contributed by atoms with Crippen LogP contribution in [0.2, 0.25) is 0 Å². The van der Waals surface area contributed by atoms with Gasteiger partial charge in [-0.2, -0.15) is 0 Å². The van der Waals surface area contributed by atoms with Crippen LogP contribution in [0, 0.1) is 11.8 Å². The molecule has 0 spiro atoms. The quantitative estimate of drug-likeness (QED) is 0.849. The van der Waals surface area contributed by atoms with Gasteiger partial charge in [-0.3, -0.25) is 4.79 Å². The number of nitrogens with zero attached hydrogens (tertiary/aromatic N) is 1. The van der Waals surface area contributed by atoms with E-state index in [1.54, 1.807) is 0 Å². The fourth-order valence-corrected chi connectivity index (χ4v) is 2.83. The molecule has 5 heteroatoms. The first-order chi connectivity index (χ1) is 10.6. The van der Waals surface area contributed by atoms with Crippen molar-refractivity contribution in [1.82, 2.24) is 4.90 Å². The highest BCUT2D eigenvalue weighted by molar-refractivity contribution is 5.72. The second kappa shape index (κ2) is 7.82. The number of piperidine rings is 1. The van der Waals surface area contributed by atoms with Crippen LogP contribution in [0.1, 0.15) is 31.7 Å². The molecule has 120 valence electrons. The first-order valence-electron chi connectivity index (χ1n) is 7.74. The van der Waals surface area contributed by atoms with Crippen LogP contribution in [0.4, 0.5) is 4.79 Å². The van der Waals surface area contributed by atoms with E-state index in [2.05, 4.69) is 0 Å². The molecule has 1 aliphatic heterocycles. The van der Waals surface area contributed by atoms with Crippen molar-refractivity contribution >= 4 is 12.1 Å². The minimum absolute atomic E-state index is 0.148. The molecule has 0 radical (unpaired) electrons. The number of carboxylic acid groups (broad SMARTS) is 1. The molecule has 1 aromatic rings. The molecule has 22 heavy (non-hydrogen) atoms. The van der Waals surface area contributed by atoms with Gasteiger partial charge in [-0.1, -0.05) is 37.3 Å². The number of carbonyl (C=O) groups is 2. The molecule has 1 N–H and O–H groups in total. The summed E-state index contributed by atoms with van der Waals surface area (Å²) in [7, 11) is 0. The van der Waals surface area contributed by atoms with Gasteiger partial charge in [0.05, 0.1) is 5.92 Å². The number of amides is 1. The molecule has 1 aromatic carbocycles. The number of hydrogen-bond acceptors (Lipinski definition) is 3. The molecule has 1 fully saturated rings. The summed E-state index contributed by atoms with van der Waals surface area (Å²) < 4.78 is 5.35. The van der Waals surface area contributed by atoms with Crippen LogP contribution < -0.4 is 0 Å². The van der Waals surface area contributed by atoms with Gasteiger partial charge >= 0.3 is 12.1 Å². The second-order valence-corrected chi connectivity index (χ2v) is 5.94. The van der Waals surface area contributed by atoms with E-state index in [9.17, 15) is 9.59 Å². The molecule has 1 amide bonds. The Morgan fingerprint density at radius 3 is 2.50 bits per heavy atom. The number of likely N-dealkylation sites (tertiary alicyclic amines) is 1. The maximum absolute atomic E-state index is 12.0. The van der Waals surface area contributed by atoms with E-state index in [-0.39, 0.29) is 11.9 Å². The Labute approximate surface area is 130 Å². The zero-order valence-electron chi connectivity index (χ0n) is 12.9. The largest absolute Gasteiger partial charge is 0.465 e. The van der Waals surface area contributed by atoms with Crippen molar-refractivity contribution in [2.24, 2.45) is 11.8 Å². The van der Waals surface area contributed by atoms with E-state index < -0.39 is 6.09 Å². The van der Waals surface area contributed by atoms with E-state index in [1.165, 1.54) is 4.90 Å². The topological polar surface area (TPSA) is 66.8 Å². The van der Waals surface area contributed by atoms with Gasteiger partial charge in [-0.05, 0) is 30.7 Å².